The SMILES string of the molecule is N#CC1CCCC1S(=O)(=O)c1ccc(C(F)(F)F)cc1. The Morgan fingerprint density at radius 2 is 1.75 bits per heavy atom. The Kier molecular flexibility index (Phi) is 3.78. The summed E-state index contributed by atoms with van der Waals surface area (Å²) in [7, 11) is -3.75. The van der Waals surface area contributed by atoms with Crippen molar-refractivity contribution in [3.05, 3.63) is 29.8 Å². The van der Waals surface area contributed by atoms with Crippen LogP contribution in [0.4, 0.5) is 13.2 Å². The van der Waals surface area contributed by atoms with Crippen molar-refractivity contribution in [1.82, 2.24) is 0 Å². The van der Waals surface area contributed by atoms with Crippen LogP contribution in [-0.2, 0) is 16.0 Å². The molecule has 0 spiro atoms. The third kappa shape index (κ3) is 2.66. The highest BCUT2D eigenvalue weighted by Gasteiger charge is 2.39. The molecule has 1 aliphatic carbocycles. The molecule has 2 rings (SSSR count). The molecule has 1 aromatic rings. The highest BCUT2D eigenvalue weighted by molar-refractivity contribution is 7.92. The van der Waals surface area contributed by atoms with Gasteiger partial charge in [-0.05, 0) is 37.1 Å². The van der Waals surface area contributed by atoms with Crippen molar-refractivity contribution < 1.29 is 21.6 Å². The quantitative estimate of drug-likeness (QED) is 0.843. The molecule has 1 fully saturated rings. The number of alkyl halides is 3. The van der Waals surface area contributed by atoms with E-state index in [1.54, 1.807) is 0 Å². The summed E-state index contributed by atoms with van der Waals surface area (Å²) >= 11 is 0. The molecule has 20 heavy (non-hydrogen) atoms. The molecule has 108 valence electrons. The highest BCUT2D eigenvalue weighted by atomic mass is 32.2. The maximum Gasteiger partial charge on any atom is 0.416 e. The second-order valence-electron chi connectivity index (χ2n) is 4.77. The molecule has 0 heterocycles. The minimum absolute atomic E-state index is 0.155. The normalized spacial score (nSPS) is 23.5. The molecule has 0 amide bonds. The first-order valence-corrected chi connectivity index (χ1v) is 7.62. The molecule has 1 aliphatic rings. The van der Waals surface area contributed by atoms with Gasteiger partial charge in [-0.3, -0.25) is 0 Å². The highest BCUT2D eigenvalue weighted by Crippen LogP contribution is 2.35. The summed E-state index contributed by atoms with van der Waals surface area (Å²) in [6.45, 7) is 0. The van der Waals surface area contributed by atoms with Crippen LogP contribution in [0.25, 0.3) is 0 Å². The van der Waals surface area contributed by atoms with Crippen LogP contribution in [0.2, 0.25) is 0 Å². The van der Waals surface area contributed by atoms with E-state index in [1.165, 1.54) is 0 Å². The molecule has 2 atom stereocenters. The summed E-state index contributed by atoms with van der Waals surface area (Å²) in [5.74, 6) is -0.581. The van der Waals surface area contributed by atoms with Crippen molar-refractivity contribution in [2.45, 2.75) is 35.6 Å². The second kappa shape index (κ2) is 5.09. The van der Waals surface area contributed by atoms with E-state index in [4.69, 9.17) is 5.26 Å². The van der Waals surface area contributed by atoms with Gasteiger partial charge >= 0.3 is 6.18 Å². The van der Waals surface area contributed by atoms with Crippen molar-refractivity contribution in [1.29, 1.82) is 5.26 Å². The van der Waals surface area contributed by atoms with Crippen molar-refractivity contribution in [2.75, 3.05) is 0 Å². The molecule has 1 aromatic carbocycles. The molecule has 0 aliphatic heterocycles. The predicted octanol–water partition coefficient (Wildman–Crippen LogP) is 3.17. The Bertz CT molecular complexity index is 629. The van der Waals surface area contributed by atoms with E-state index in [1.807, 2.05) is 6.07 Å². The van der Waals surface area contributed by atoms with Crippen molar-refractivity contribution in [3.8, 4) is 6.07 Å². The summed E-state index contributed by atoms with van der Waals surface area (Å²) in [4.78, 5) is -0.155. The molecular weight excluding hydrogens is 291 g/mol. The van der Waals surface area contributed by atoms with Crippen LogP contribution in [0, 0.1) is 17.2 Å². The van der Waals surface area contributed by atoms with Crippen LogP contribution >= 0.6 is 0 Å². The van der Waals surface area contributed by atoms with Crippen molar-refractivity contribution in [3.63, 3.8) is 0 Å². The molecule has 1 saturated carbocycles. The molecule has 3 nitrogen and oxygen atoms in total. The van der Waals surface area contributed by atoms with Crippen LogP contribution in [0.5, 0.6) is 0 Å². The van der Waals surface area contributed by atoms with Gasteiger partial charge in [0.1, 0.15) is 0 Å². The van der Waals surface area contributed by atoms with E-state index in [-0.39, 0.29) is 4.90 Å². The lowest BCUT2D eigenvalue weighted by molar-refractivity contribution is -0.137. The molecule has 0 radical (unpaired) electrons. The first-order valence-electron chi connectivity index (χ1n) is 6.07. The fraction of sp³-hybridized carbons (Fsp3) is 0.462. The number of nitrogens with zero attached hydrogens (tertiary/aromatic N) is 1. The topological polar surface area (TPSA) is 57.9 Å². The number of sulfone groups is 1. The van der Waals surface area contributed by atoms with Gasteiger partial charge in [0.15, 0.2) is 9.84 Å². The third-order valence-corrected chi connectivity index (χ3v) is 5.82. The van der Waals surface area contributed by atoms with Gasteiger partial charge in [0, 0.05) is 0 Å². The molecule has 7 heteroatoms. The van der Waals surface area contributed by atoms with E-state index < -0.39 is 32.7 Å². The molecular formula is C13H12F3NO2S. The van der Waals surface area contributed by atoms with Gasteiger partial charge in [0.2, 0.25) is 0 Å². The maximum absolute atomic E-state index is 12.4. The van der Waals surface area contributed by atoms with E-state index >= 15 is 0 Å². The van der Waals surface area contributed by atoms with Crippen molar-refractivity contribution in [2.24, 2.45) is 5.92 Å². The van der Waals surface area contributed by atoms with Gasteiger partial charge < -0.3 is 0 Å². The van der Waals surface area contributed by atoms with Crippen LogP contribution in [-0.4, -0.2) is 13.7 Å². The second-order valence-corrected chi connectivity index (χ2v) is 6.94. The third-order valence-electron chi connectivity index (χ3n) is 3.53. The van der Waals surface area contributed by atoms with Crippen LogP contribution in [0.1, 0.15) is 24.8 Å². The fourth-order valence-electron chi connectivity index (χ4n) is 2.45. The number of halogens is 3. The fourth-order valence-corrected chi connectivity index (χ4v) is 4.42. The lowest BCUT2D eigenvalue weighted by Gasteiger charge is -2.15. The zero-order chi connectivity index (χ0) is 15.0. The van der Waals surface area contributed by atoms with E-state index in [9.17, 15) is 21.6 Å². The Morgan fingerprint density at radius 1 is 1.15 bits per heavy atom. The first-order chi connectivity index (χ1) is 9.26. The monoisotopic (exact) mass is 303 g/mol. The number of benzene rings is 1. The summed E-state index contributed by atoms with van der Waals surface area (Å²) in [6.07, 6.45) is -2.96. The minimum Gasteiger partial charge on any atom is -0.223 e. The Labute approximate surface area is 114 Å². The Balaban J connectivity index is 2.34. The van der Waals surface area contributed by atoms with E-state index in [2.05, 4.69) is 0 Å². The summed E-state index contributed by atoms with van der Waals surface area (Å²) in [6, 6.07) is 5.40. The zero-order valence-electron chi connectivity index (χ0n) is 10.4. The summed E-state index contributed by atoms with van der Waals surface area (Å²) < 4.78 is 62.0. The number of rotatable bonds is 2. The van der Waals surface area contributed by atoms with E-state index in [0.717, 1.165) is 24.3 Å². The van der Waals surface area contributed by atoms with Crippen LogP contribution in [0.3, 0.4) is 0 Å². The van der Waals surface area contributed by atoms with Gasteiger partial charge in [0.25, 0.3) is 0 Å². The predicted molar refractivity (Wildman–Crippen MR) is 65.4 cm³/mol. The van der Waals surface area contributed by atoms with Crippen LogP contribution in [0.15, 0.2) is 29.2 Å². The first kappa shape index (κ1) is 14.9. The molecule has 2 unspecified atom stereocenters. The summed E-state index contributed by atoms with van der Waals surface area (Å²) in [5.41, 5.74) is -0.889. The van der Waals surface area contributed by atoms with Gasteiger partial charge in [-0.15, -0.1) is 0 Å². The van der Waals surface area contributed by atoms with Gasteiger partial charge in [-0.1, -0.05) is 6.42 Å². The number of hydrogen-bond acceptors (Lipinski definition) is 3. The van der Waals surface area contributed by atoms with Gasteiger partial charge in [-0.2, -0.15) is 18.4 Å². The van der Waals surface area contributed by atoms with E-state index in [0.29, 0.717) is 19.3 Å². The molecule has 0 saturated heterocycles. The minimum atomic E-state index is -4.50. The Hall–Kier alpha value is -1.55. The van der Waals surface area contributed by atoms with Crippen molar-refractivity contribution >= 4 is 9.84 Å². The largest absolute Gasteiger partial charge is 0.416 e. The average molecular weight is 303 g/mol. The lowest BCUT2D eigenvalue weighted by Crippen LogP contribution is -2.24. The summed E-state index contributed by atoms with van der Waals surface area (Å²) in [5, 5.41) is 8.12. The average Bonchev–Trinajstić information content (AvgIpc) is 2.87. The van der Waals surface area contributed by atoms with Gasteiger partial charge in [-0.25, -0.2) is 8.42 Å². The standard InChI is InChI=1S/C13H12F3NO2S/c14-13(15,16)10-4-6-11(7-5-10)20(18,19)12-3-1-2-9(12)8-17/h4-7,9,12H,1-3H2. The Morgan fingerprint density at radius 3 is 2.25 bits per heavy atom. The maximum atomic E-state index is 12.4. The number of hydrogen-bond donors (Lipinski definition) is 0. The molecule has 0 bridgehead atoms. The number of nitriles is 1. The zero-order valence-corrected chi connectivity index (χ0v) is 11.2. The smallest absolute Gasteiger partial charge is 0.223 e. The van der Waals surface area contributed by atoms with Gasteiger partial charge in [0.05, 0.1) is 27.7 Å². The molecule has 0 aromatic heterocycles. The molecule has 0 N–H and O–H groups in total. The van der Waals surface area contributed by atoms with Crippen LogP contribution < -0.4 is 0 Å². The lowest BCUT2D eigenvalue weighted by atomic mass is 10.1.